The molecule has 0 aromatic heterocycles. The monoisotopic (exact) mass is 290 g/mol. The van der Waals surface area contributed by atoms with E-state index in [-0.39, 0.29) is 0 Å². The van der Waals surface area contributed by atoms with E-state index >= 15 is 0 Å². The second-order valence-corrected chi connectivity index (χ2v) is 5.92. The molecule has 0 saturated carbocycles. The molecule has 108 valence electrons. The molecular formula is C18H23ClO. The van der Waals surface area contributed by atoms with Gasteiger partial charge in [0, 0.05) is 11.4 Å². The van der Waals surface area contributed by atoms with Gasteiger partial charge in [-0.1, -0.05) is 30.7 Å². The number of Topliss-reactive ketones (excluding diaryl/α,β-unsaturated/α-hetero) is 1. The van der Waals surface area contributed by atoms with Crippen LogP contribution in [0.1, 0.15) is 56.2 Å². The van der Waals surface area contributed by atoms with Gasteiger partial charge in [-0.25, -0.2) is 0 Å². The van der Waals surface area contributed by atoms with Crippen molar-refractivity contribution < 1.29 is 4.79 Å². The van der Waals surface area contributed by atoms with Crippen LogP contribution in [0.2, 0.25) is 5.02 Å². The Morgan fingerprint density at radius 1 is 1.10 bits per heavy atom. The first kappa shape index (κ1) is 15.3. The van der Waals surface area contributed by atoms with Crippen LogP contribution < -0.4 is 0 Å². The number of fused-ring (bicyclic) bond motifs is 1. The van der Waals surface area contributed by atoms with Crippen LogP contribution in [0.3, 0.4) is 0 Å². The van der Waals surface area contributed by atoms with Crippen molar-refractivity contribution in [3.8, 4) is 0 Å². The first-order chi connectivity index (χ1) is 9.65. The van der Waals surface area contributed by atoms with E-state index in [1.54, 1.807) is 0 Å². The second kappa shape index (κ2) is 7.08. The third kappa shape index (κ3) is 3.52. The Morgan fingerprint density at radius 3 is 2.40 bits per heavy atom. The third-order valence-corrected chi connectivity index (χ3v) is 4.55. The molecule has 1 nitrogen and oxygen atoms in total. The van der Waals surface area contributed by atoms with Crippen molar-refractivity contribution >= 4 is 17.4 Å². The summed E-state index contributed by atoms with van der Waals surface area (Å²) in [6, 6.07) is 4.40. The Balaban J connectivity index is 2.27. The fraction of sp³-hybridized carbons (Fsp3) is 0.500. The van der Waals surface area contributed by atoms with E-state index in [2.05, 4.69) is 19.1 Å². The van der Waals surface area contributed by atoms with E-state index in [4.69, 9.17) is 11.6 Å². The van der Waals surface area contributed by atoms with Gasteiger partial charge in [0.15, 0.2) is 5.78 Å². The molecule has 0 saturated heterocycles. The van der Waals surface area contributed by atoms with Crippen LogP contribution in [0.4, 0.5) is 0 Å². The maximum Gasteiger partial charge on any atom is 0.158 e. The highest BCUT2D eigenvalue weighted by atomic mass is 35.5. The number of ketones is 1. The molecule has 0 heterocycles. The molecule has 2 rings (SSSR count). The number of aryl methyl sites for hydroxylation is 3. The summed E-state index contributed by atoms with van der Waals surface area (Å²) in [4.78, 5) is 12.1. The second-order valence-electron chi connectivity index (χ2n) is 5.51. The van der Waals surface area contributed by atoms with Crippen molar-refractivity contribution in [3.63, 3.8) is 0 Å². The number of allylic oxidation sites excluding steroid dienone is 2. The van der Waals surface area contributed by atoms with Crippen LogP contribution in [0.25, 0.3) is 0 Å². The average Bonchev–Trinajstić information content (AvgIpc) is 2.45. The molecule has 1 aromatic carbocycles. The lowest BCUT2D eigenvalue weighted by molar-refractivity contribution is -0.115. The quantitative estimate of drug-likeness (QED) is 0.659. The van der Waals surface area contributed by atoms with Gasteiger partial charge in [-0.3, -0.25) is 4.79 Å². The van der Waals surface area contributed by atoms with E-state index in [1.165, 1.54) is 16.7 Å². The molecule has 0 spiro atoms. The van der Waals surface area contributed by atoms with E-state index in [1.807, 2.05) is 13.0 Å². The maximum absolute atomic E-state index is 12.1. The Hall–Kier alpha value is -1.08. The van der Waals surface area contributed by atoms with Gasteiger partial charge in [0.25, 0.3) is 0 Å². The lowest BCUT2D eigenvalue weighted by atomic mass is 9.90. The van der Waals surface area contributed by atoms with Gasteiger partial charge in [0.05, 0.1) is 0 Å². The van der Waals surface area contributed by atoms with Crippen LogP contribution in [-0.4, -0.2) is 5.78 Å². The molecule has 1 aliphatic rings. The van der Waals surface area contributed by atoms with Crippen LogP contribution in [0.5, 0.6) is 0 Å². The fourth-order valence-electron chi connectivity index (χ4n) is 2.96. The van der Waals surface area contributed by atoms with Crippen molar-refractivity contribution in [3.05, 3.63) is 45.5 Å². The number of hydrogen-bond acceptors (Lipinski definition) is 1. The molecule has 1 aromatic rings. The normalized spacial score (nSPS) is 18.9. The molecule has 2 heteroatoms. The zero-order chi connectivity index (χ0) is 14.5. The predicted molar refractivity (Wildman–Crippen MR) is 85.5 cm³/mol. The summed E-state index contributed by atoms with van der Waals surface area (Å²) < 4.78 is 0. The molecule has 0 N–H and O–H groups in total. The first-order valence-electron chi connectivity index (χ1n) is 7.64. The number of hydrogen-bond donors (Lipinski definition) is 0. The minimum atomic E-state index is 0.334. The molecule has 0 radical (unpaired) electrons. The number of carbonyl (C=O) groups excluding carboxylic acids is 1. The van der Waals surface area contributed by atoms with E-state index in [0.717, 1.165) is 49.1 Å². The van der Waals surface area contributed by atoms with Gasteiger partial charge in [0.2, 0.25) is 0 Å². The minimum Gasteiger partial charge on any atom is -0.295 e. The van der Waals surface area contributed by atoms with Crippen molar-refractivity contribution in [1.82, 2.24) is 0 Å². The number of rotatable bonds is 1. The summed E-state index contributed by atoms with van der Waals surface area (Å²) in [6.07, 6.45) is 8.48. The van der Waals surface area contributed by atoms with Crippen molar-refractivity contribution in [2.24, 2.45) is 0 Å². The zero-order valence-corrected chi connectivity index (χ0v) is 13.2. The van der Waals surface area contributed by atoms with Crippen LogP contribution in [0.15, 0.2) is 23.8 Å². The van der Waals surface area contributed by atoms with Crippen molar-refractivity contribution in [2.45, 2.75) is 58.8 Å². The summed E-state index contributed by atoms with van der Waals surface area (Å²) in [5, 5.41) is 0.894. The van der Waals surface area contributed by atoms with Gasteiger partial charge in [-0.05, 0) is 73.8 Å². The smallest absolute Gasteiger partial charge is 0.158 e. The number of carbonyl (C=O) groups is 1. The van der Waals surface area contributed by atoms with Crippen LogP contribution >= 0.6 is 11.6 Å². The number of benzene rings is 1. The molecular weight excluding hydrogens is 268 g/mol. The highest BCUT2D eigenvalue weighted by Crippen LogP contribution is 2.27. The Bertz CT molecular complexity index is 528. The summed E-state index contributed by atoms with van der Waals surface area (Å²) in [7, 11) is 0. The summed E-state index contributed by atoms with van der Waals surface area (Å²) in [6.45, 7) is 4.10. The van der Waals surface area contributed by atoms with Gasteiger partial charge in [-0.15, -0.1) is 0 Å². The predicted octanol–water partition coefficient (Wildman–Crippen LogP) is 5.08. The Morgan fingerprint density at radius 2 is 1.75 bits per heavy atom. The Labute approximate surface area is 127 Å². The van der Waals surface area contributed by atoms with Gasteiger partial charge < -0.3 is 0 Å². The van der Waals surface area contributed by atoms with E-state index in [0.29, 0.717) is 12.2 Å². The van der Waals surface area contributed by atoms with Gasteiger partial charge in [0.1, 0.15) is 0 Å². The summed E-state index contributed by atoms with van der Waals surface area (Å²) in [5.41, 5.74) is 4.99. The SMILES string of the molecule is CC=C1CCCc2cc(Cl)c(CC)cc2CCCC1=O. The van der Waals surface area contributed by atoms with Crippen molar-refractivity contribution in [1.29, 1.82) is 0 Å². The topological polar surface area (TPSA) is 17.1 Å². The molecule has 0 amide bonds. The molecule has 0 fully saturated rings. The van der Waals surface area contributed by atoms with E-state index < -0.39 is 0 Å². The third-order valence-electron chi connectivity index (χ3n) is 4.20. The number of halogens is 1. The molecule has 0 unspecified atom stereocenters. The van der Waals surface area contributed by atoms with Crippen LogP contribution in [-0.2, 0) is 24.1 Å². The zero-order valence-electron chi connectivity index (χ0n) is 12.5. The van der Waals surface area contributed by atoms with Gasteiger partial charge >= 0.3 is 0 Å². The fourth-order valence-corrected chi connectivity index (χ4v) is 3.28. The molecule has 0 atom stereocenters. The maximum atomic E-state index is 12.1. The summed E-state index contributed by atoms with van der Waals surface area (Å²) >= 11 is 6.34. The molecule has 0 aliphatic heterocycles. The lowest BCUT2D eigenvalue weighted by Gasteiger charge is -2.16. The molecule has 0 bridgehead atoms. The highest BCUT2D eigenvalue weighted by molar-refractivity contribution is 6.31. The molecule has 20 heavy (non-hydrogen) atoms. The van der Waals surface area contributed by atoms with Crippen molar-refractivity contribution in [2.75, 3.05) is 0 Å². The van der Waals surface area contributed by atoms with E-state index in [9.17, 15) is 4.79 Å². The molecule has 1 aliphatic carbocycles. The minimum absolute atomic E-state index is 0.334. The Kier molecular flexibility index (Phi) is 5.42. The largest absolute Gasteiger partial charge is 0.295 e. The van der Waals surface area contributed by atoms with Gasteiger partial charge in [-0.2, -0.15) is 0 Å². The summed E-state index contributed by atoms with van der Waals surface area (Å²) in [5.74, 6) is 0.334. The lowest BCUT2D eigenvalue weighted by Crippen LogP contribution is -2.07. The first-order valence-corrected chi connectivity index (χ1v) is 8.02. The highest BCUT2D eigenvalue weighted by Gasteiger charge is 2.14. The average molecular weight is 291 g/mol. The standard InChI is InChI=1S/C18H23ClO/c1-3-13-7-5-8-16-12-17(19)14(4-2)11-15(16)9-6-10-18(13)20/h3,11-12H,4-10H2,1-2H3. The van der Waals surface area contributed by atoms with Crippen LogP contribution in [0, 0.1) is 0 Å².